The van der Waals surface area contributed by atoms with E-state index in [0.717, 1.165) is 37.0 Å². The van der Waals surface area contributed by atoms with Gasteiger partial charge in [0, 0.05) is 6.61 Å². The van der Waals surface area contributed by atoms with Crippen molar-refractivity contribution in [2.45, 2.75) is 44.4 Å². The molecule has 2 aliphatic heterocycles. The van der Waals surface area contributed by atoms with Crippen LogP contribution >= 0.6 is 11.6 Å². The molecule has 2 aliphatic rings. The van der Waals surface area contributed by atoms with Gasteiger partial charge in [-0.15, -0.1) is 5.10 Å². The van der Waals surface area contributed by atoms with Crippen LogP contribution in [0.2, 0.25) is 5.02 Å². The summed E-state index contributed by atoms with van der Waals surface area (Å²) >= 11 is 6.61. The number of imidazole rings is 1. The third-order valence-electron chi connectivity index (χ3n) is 6.89. The lowest BCUT2D eigenvalue weighted by atomic mass is 10.1. The van der Waals surface area contributed by atoms with Gasteiger partial charge in [-0.05, 0) is 51.9 Å². The molecule has 32 heavy (non-hydrogen) atoms. The molecule has 0 bridgehead atoms. The summed E-state index contributed by atoms with van der Waals surface area (Å²) in [4.78, 5) is 20.8. The van der Waals surface area contributed by atoms with Gasteiger partial charge in [-0.25, -0.2) is 4.98 Å². The van der Waals surface area contributed by atoms with Gasteiger partial charge in [0.2, 0.25) is 0 Å². The smallest absolute Gasteiger partial charge is 0.279 e. The lowest BCUT2D eigenvalue weighted by molar-refractivity contribution is 0.108. The lowest BCUT2D eigenvalue weighted by Crippen LogP contribution is -2.31. The van der Waals surface area contributed by atoms with Crippen molar-refractivity contribution in [1.29, 1.82) is 0 Å². The van der Waals surface area contributed by atoms with E-state index in [9.17, 15) is 4.79 Å². The van der Waals surface area contributed by atoms with Gasteiger partial charge in [-0.2, -0.15) is 4.68 Å². The number of hydrogen-bond donors (Lipinski definition) is 0. The average Bonchev–Trinajstić information content (AvgIpc) is 3.55. The second-order valence-corrected chi connectivity index (χ2v) is 9.14. The van der Waals surface area contributed by atoms with Crippen molar-refractivity contribution in [3.05, 3.63) is 51.8 Å². The normalized spacial score (nSPS) is 24.3. The fourth-order valence-electron chi connectivity index (χ4n) is 5.23. The monoisotopic (exact) mass is 453 g/mol. The molecule has 9 nitrogen and oxygen atoms in total. The maximum absolute atomic E-state index is 13.9. The van der Waals surface area contributed by atoms with E-state index >= 15 is 0 Å². The zero-order chi connectivity index (χ0) is 22.0. The van der Waals surface area contributed by atoms with Crippen molar-refractivity contribution in [3.63, 3.8) is 0 Å². The third-order valence-corrected chi connectivity index (χ3v) is 7.20. The van der Waals surface area contributed by atoms with E-state index in [4.69, 9.17) is 16.3 Å². The van der Waals surface area contributed by atoms with Crippen LogP contribution in [0.4, 0.5) is 0 Å². The summed E-state index contributed by atoms with van der Waals surface area (Å²) in [6.45, 7) is 3.66. The van der Waals surface area contributed by atoms with Gasteiger partial charge in [0.25, 0.3) is 5.56 Å². The Balaban J connectivity index is 1.59. The summed E-state index contributed by atoms with van der Waals surface area (Å²) in [5, 5.41) is 9.27. The van der Waals surface area contributed by atoms with Crippen molar-refractivity contribution in [2.75, 3.05) is 20.2 Å². The summed E-state index contributed by atoms with van der Waals surface area (Å²) in [5.41, 5.74) is 2.71. The number of rotatable bonds is 3. The van der Waals surface area contributed by atoms with Crippen molar-refractivity contribution >= 4 is 28.2 Å². The highest BCUT2D eigenvalue weighted by molar-refractivity contribution is 6.35. The van der Waals surface area contributed by atoms with Crippen LogP contribution in [0.1, 0.15) is 44.0 Å². The number of benzene rings is 1. The molecule has 0 spiro atoms. The van der Waals surface area contributed by atoms with Crippen LogP contribution in [0.3, 0.4) is 0 Å². The molecule has 3 unspecified atom stereocenters. The Morgan fingerprint density at radius 2 is 2.09 bits per heavy atom. The SMILES string of the molecule is CC1OCCC1n1c(=O)c2c(-n3cc(C4CCCN4C)nn3)ncn2c2cccc(Cl)c21. The number of halogens is 1. The first-order chi connectivity index (χ1) is 15.5. The quantitative estimate of drug-likeness (QED) is 0.474. The van der Waals surface area contributed by atoms with E-state index in [1.54, 1.807) is 20.0 Å². The number of ether oxygens (including phenoxy) is 1. The second kappa shape index (κ2) is 7.40. The van der Waals surface area contributed by atoms with Crippen molar-refractivity contribution in [2.24, 2.45) is 0 Å². The van der Waals surface area contributed by atoms with Crippen LogP contribution < -0.4 is 5.56 Å². The average molecular weight is 454 g/mol. The van der Waals surface area contributed by atoms with E-state index in [2.05, 4.69) is 27.2 Å². The molecular formula is C22H24ClN7O2. The van der Waals surface area contributed by atoms with Gasteiger partial charge >= 0.3 is 0 Å². The minimum absolute atomic E-state index is 0.0862. The second-order valence-electron chi connectivity index (χ2n) is 8.73. The highest BCUT2D eigenvalue weighted by Crippen LogP contribution is 2.33. The highest BCUT2D eigenvalue weighted by atomic mass is 35.5. The van der Waals surface area contributed by atoms with Crippen molar-refractivity contribution < 1.29 is 4.74 Å². The highest BCUT2D eigenvalue weighted by Gasteiger charge is 2.31. The summed E-state index contributed by atoms with van der Waals surface area (Å²) in [7, 11) is 2.10. The van der Waals surface area contributed by atoms with Crippen LogP contribution in [0, 0.1) is 0 Å². The van der Waals surface area contributed by atoms with Crippen molar-refractivity contribution in [3.8, 4) is 5.82 Å². The number of para-hydroxylation sites is 1. The Labute approximate surface area is 189 Å². The number of aromatic nitrogens is 6. The molecule has 4 aromatic rings. The minimum Gasteiger partial charge on any atom is -0.376 e. The fraction of sp³-hybridized carbons (Fsp3) is 0.455. The van der Waals surface area contributed by atoms with E-state index in [0.29, 0.717) is 28.5 Å². The first-order valence-electron chi connectivity index (χ1n) is 11.0. The molecule has 2 fully saturated rings. The molecule has 0 aliphatic carbocycles. The van der Waals surface area contributed by atoms with Gasteiger partial charge < -0.3 is 4.74 Å². The Hall–Kier alpha value is -2.75. The molecular weight excluding hydrogens is 430 g/mol. The van der Waals surface area contributed by atoms with Gasteiger partial charge in [-0.1, -0.05) is 22.9 Å². The molecule has 2 saturated heterocycles. The lowest BCUT2D eigenvalue weighted by Gasteiger charge is -2.21. The summed E-state index contributed by atoms with van der Waals surface area (Å²) in [6.07, 6.45) is 6.41. The van der Waals surface area contributed by atoms with Crippen LogP contribution in [-0.4, -0.2) is 60.1 Å². The standard InChI is InChI=1S/C22H24ClN7O2/c1-13-16(8-10-32-13)30-19-14(23)5-3-6-18(19)28-12-24-21(20(28)22(30)31)29-11-15(25-26-29)17-7-4-9-27(17)2/h3,5-6,11-13,16-17H,4,7-10H2,1-2H3. The molecule has 6 rings (SSSR count). The van der Waals surface area contributed by atoms with Crippen LogP contribution in [0.25, 0.3) is 22.4 Å². The molecule has 0 N–H and O–H groups in total. The molecule has 0 radical (unpaired) electrons. The predicted octanol–water partition coefficient (Wildman–Crippen LogP) is 3.00. The maximum Gasteiger partial charge on any atom is 0.279 e. The largest absolute Gasteiger partial charge is 0.376 e. The van der Waals surface area contributed by atoms with E-state index < -0.39 is 0 Å². The van der Waals surface area contributed by atoms with Crippen LogP contribution in [-0.2, 0) is 4.74 Å². The summed E-state index contributed by atoms with van der Waals surface area (Å²) in [6, 6.07) is 5.79. The molecule has 3 atom stereocenters. The molecule has 0 saturated carbocycles. The van der Waals surface area contributed by atoms with E-state index in [1.807, 2.05) is 31.3 Å². The first kappa shape index (κ1) is 19.9. The van der Waals surface area contributed by atoms with Crippen molar-refractivity contribution in [1.82, 2.24) is 33.8 Å². The van der Waals surface area contributed by atoms with Crippen LogP contribution in [0.15, 0.2) is 35.5 Å². The summed E-state index contributed by atoms with van der Waals surface area (Å²) in [5.74, 6) is 0.469. The number of nitrogens with zero attached hydrogens (tertiary/aromatic N) is 7. The Morgan fingerprint density at radius 1 is 1.22 bits per heavy atom. The Kier molecular flexibility index (Phi) is 4.60. The topological polar surface area (TPSA) is 82.5 Å². The zero-order valence-corrected chi connectivity index (χ0v) is 18.7. The summed E-state index contributed by atoms with van der Waals surface area (Å²) < 4.78 is 11.0. The molecule has 3 aromatic heterocycles. The number of likely N-dealkylation sites (tertiary alicyclic amines) is 1. The first-order valence-corrected chi connectivity index (χ1v) is 11.4. The van der Waals surface area contributed by atoms with Gasteiger partial charge in [-0.3, -0.25) is 18.7 Å². The van der Waals surface area contributed by atoms with E-state index in [-0.39, 0.29) is 23.7 Å². The molecule has 0 amide bonds. The van der Waals surface area contributed by atoms with Gasteiger partial charge in [0.1, 0.15) is 12.0 Å². The maximum atomic E-state index is 13.9. The third kappa shape index (κ3) is 2.84. The predicted molar refractivity (Wildman–Crippen MR) is 121 cm³/mol. The Bertz CT molecular complexity index is 1390. The Morgan fingerprint density at radius 3 is 2.84 bits per heavy atom. The van der Waals surface area contributed by atoms with Gasteiger partial charge in [0.05, 0.1) is 40.4 Å². The molecule has 1 aromatic carbocycles. The number of fused-ring (bicyclic) bond motifs is 3. The van der Waals surface area contributed by atoms with Gasteiger partial charge in [0.15, 0.2) is 11.3 Å². The zero-order valence-electron chi connectivity index (χ0n) is 18.0. The fourth-order valence-corrected chi connectivity index (χ4v) is 5.49. The van der Waals surface area contributed by atoms with Crippen LogP contribution in [0.5, 0.6) is 0 Å². The number of hydrogen-bond acceptors (Lipinski definition) is 6. The minimum atomic E-state index is -0.157. The van der Waals surface area contributed by atoms with E-state index in [1.165, 1.54) is 0 Å². The molecule has 166 valence electrons. The molecule has 10 heteroatoms. The molecule has 5 heterocycles.